The second-order valence-electron chi connectivity index (χ2n) is 7.33. The van der Waals surface area contributed by atoms with Crippen molar-refractivity contribution in [3.8, 4) is 0 Å². The van der Waals surface area contributed by atoms with Crippen LogP contribution in [0.4, 0.5) is 18.9 Å². The van der Waals surface area contributed by atoms with Gasteiger partial charge in [0.25, 0.3) is 21.8 Å². The lowest BCUT2D eigenvalue weighted by Gasteiger charge is -2.12. The van der Waals surface area contributed by atoms with Gasteiger partial charge in [0.2, 0.25) is 0 Å². The van der Waals surface area contributed by atoms with E-state index in [9.17, 15) is 31.2 Å². The van der Waals surface area contributed by atoms with Gasteiger partial charge in [-0.3, -0.25) is 25.2 Å². The quantitative estimate of drug-likeness (QED) is 0.461. The van der Waals surface area contributed by atoms with Crippen LogP contribution < -0.4 is 15.6 Å². The van der Waals surface area contributed by atoms with Crippen molar-refractivity contribution in [3.05, 3.63) is 82.3 Å². The van der Waals surface area contributed by atoms with Gasteiger partial charge >= 0.3 is 6.18 Å². The number of benzene rings is 2. The van der Waals surface area contributed by atoms with Gasteiger partial charge in [-0.15, -0.1) is 0 Å². The van der Waals surface area contributed by atoms with Crippen LogP contribution in [-0.4, -0.2) is 20.2 Å². The number of rotatable bonds is 5. The second kappa shape index (κ2) is 9.21. The molecule has 0 atom stereocenters. The van der Waals surface area contributed by atoms with Gasteiger partial charge in [0, 0.05) is 16.8 Å². The van der Waals surface area contributed by atoms with E-state index in [1.165, 1.54) is 24.3 Å². The first-order valence-electron chi connectivity index (χ1n) is 9.77. The summed E-state index contributed by atoms with van der Waals surface area (Å²) in [5.74, 6) is -0.495. The Morgan fingerprint density at radius 3 is 2.15 bits per heavy atom. The molecule has 0 aliphatic rings. The minimum atomic E-state index is -4.64. The van der Waals surface area contributed by atoms with Gasteiger partial charge in [-0.05, 0) is 57.2 Å². The number of hydrogen-bond donors (Lipinski definition) is 3. The molecule has 0 fully saturated rings. The molecule has 0 saturated carbocycles. The maximum Gasteiger partial charge on any atom is 0.416 e. The number of hydrazine groups is 1. The molecule has 0 radical (unpaired) electrons. The highest BCUT2D eigenvalue weighted by atomic mass is 32.2. The summed E-state index contributed by atoms with van der Waals surface area (Å²) in [5, 5.41) is 0. The zero-order valence-electron chi connectivity index (χ0n) is 18.2. The monoisotopic (exact) mass is 495 g/mol. The molecule has 0 bridgehead atoms. The van der Waals surface area contributed by atoms with E-state index in [0.717, 1.165) is 18.2 Å². The summed E-state index contributed by atoms with van der Waals surface area (Å²) in [5.41, 5.74) is 3.89. The predicted molar refractivity (Wildman–Crippen MR) is 117 cm³/mol. The molecule has 1 heterocycles. The highest BCUT2D eigenvalue weighted by molar-refractivity contribution is 7.92. The number of furan rings is 1. The molecule has 8 nitrogen and oxygen atoms in total. The first-order chi connectivity index (χ1) is 15.8. The number of nitrogens with one attached hydrogen (secondary N) is 3. The number of amides is 2. The molecule has 1 aromatic heterocycles. The van der Waals surface area contributed by atoms with Crippen LogP contribution in [0.25, 0.3) is 0 Å². The molecule has 180 valence electrons. The standard InChI is InChI=1S/C22H20F3N3O5S/c1-12-13(2)33-14(3)19(12)21(30)27-26-20(29)15-6-4-9-18(10-15)34(31,32)28-17-8-5-7-16(11-17)22(23,24)25/h4-11,28H,1-3H3,(H,26,29)(H,27,30). The van der Waals surface area contributed by atoms with E-state index in [1.54, 1.807) is 20.8 Å². The topological polar surface area (TPSA) is 118 Å². The molecule has 0 unspecified atom stereocenters. The summed E-state index contributed by atoms with van der Waals surface area (Å²) < 4.78 is 71.4. The van der Waals surface area contributed by atoms with E-state index in [2.05, 4.69) is 15.6 Å². The van der Waals surface area contributed by atoms with Crippen molar-refractivity contribution in [3.63, 3.8) is 0 Å². The Kier molecular flexibility index (Phi) is 6.73. The maximum atomic E-state index is 12.9. The van der Waals surface area contributed by atoms with E-state index < -0.39 is 33.6 Å². The summed E-state index contributed by atoms with van der Waals surface area (Å²) in [6.45, 7) is 4.98. The molecule has 12 heteroatoms. The Bertz CT molecular complexity index is 1360. The normalized spacial score (nSPS) is 11.7. The van der Waals surface area contributed by atoms with Crippen molar-refractivity contribution >= 4 is 27.5 Å². The lowest BCUT2D eigenvalue weighted by Crippen LogP contribution is -2.42. The molecule has 0 spiro atoms. The summed E-state index contributed by atoms with van der Waals surface area (Å²) in [7, 11) is -4.31. The third kappa shape index (κ3) is 5.39. The molecule has 0 saturated heterocycles. The lowest BCUT2D eigenvalue weighted by atomic mass is 10.1. The third-order valence-electron chi connectivity index (χ3n) is 4.93. The van der Waals surface area contributed by atoms with Crippen molar-refractivity contribution in [2.24, 2.45) is 0 Å². The van der Waals surface area contributed by atoms with Crippen LogP contribution >= 0.6 is 0 Å². The predicted octanol–water partition coefficient (Wildman–Crippen LogP) is 4.10. The van der Waals surface area contributed by atoms with Gasteiger partial charge < -0.3 is 4.42 Å². The molecule has 2 aromatic carbocycles. The number of aryl methyl sites for hydroxylation is 2. The summed E-state index contributed by atoms with van der Waals surface area (Å²) in [4.78, 5) is 24.5. The maximum absolute atomic E-state index is 12.9. The Morgan fingerprint density at radius 1 is 0.882 bits per heavy atom. The average Bonchev–Trinajstić information content (AvgIpc) is 3.02. The highest BCUT2D eigenvalue weighted by Crippen LogP contribution is 2.31. The molecule has 3 N–H and O–H groups in total. The van der Waals surface area contributed by atoms with Gasteiger partial charge in [-0.2, -0.15) is 13.2 Å². The SMILES string of the molecule is Cc1oc(C)c(C(=O)NNC(=O)c2cccc(S(=O)(=O)Nc3cccc(C(F)(F)F)c3)c2)c1C. The zero-order chi connectivity index (χ0) is 25.3. The Morgan fingerprint density at radius 2 is 1.53 bits per heavy atom. The van der Waals surface area contributed by atoms with E-state index in [1.807, 2.05) is 0 Å². The van der Waals surface area contributed by atoms with Crippen molar-refractivity contribution in [1.82, 2.24) is 10.9 Å². The second-order valence-corrected chi connectivity index (χ2v) is 9.02. The van der Waals surface area contributed by atoms with Gasteiger partial charge in [0.15, 0.2) is 0 Å². The van der Waals surface area contributed by atoms with Gasteiger partial charge in [-0.1, -0.05) is 12.1 Å². The minimum Gasteiger partial charge on any atom is -0.466 e. The van der Waals surface area contributed by atoms with Crippen molar-refractivity contribution in [2.45, 2.75) is 31.8 Å². The van der Waals surface area contributed by atoms with Crippen LogP contribution in [0.5, 0.6) is 0 Å². The summed E-state index contributed by atoms with van der Waals surface area (Å²) in [6.07, 6.45) is -4.64. The molecule has 2 amide bonds. The first-order valence-corrected chi connectivity index (χ1v) is 11.3. The number of carbonyl (C=O) groups is 2. The lowest BCUT2D eigenvalue weighted by molar-refractivity contribution is -0.137. The van der Waals surface area contributed by atoms with E-state index in [4.69, 9.17) is 4.42 Å². The van der Waals surface area contributed by atoms with Crippen LogP contribution in [0.3, 0.4) is 0 Å². The molecule has 3 aromatic rings. The Hall–Kier alpha value is -3.80. The van der Waals surface area contributed by atoms with E-state index >= 15 is 0 Å². The summed E-state index contributed by atoms with van der Waals surface area (Å²) in [6, 6.07) is 8.49. The van der Waals surface area contributed by atoms with Crippen molar-refractivity contribution in [1.29, 1.82) is 0 Å². The number of alkyl halides is 3. The van der Waals surface area contributed by atoms with Crippen molar-refractivity contribution < 1.29 is 35.6 Å². The number of anilines is 1. The van der Waals surface area contributed by atoms with Crippen LogP contribution in [0.2, 0.25) is 0 Å². The van der Waals surface area contributed by atoms with Gasteiger partial charge in [-0.25, -0.2) is 8.42 Å². The average molecular weight is 495 g/mol. The Labute approximate surface area is 193 Å². The molecule has 34 heavy (non-hydrogen) atoms. The van der Waals surface area contributed by atoms with Crippen LogP contribution in [0, 0.1) is 20.8 Å². The van der Waals surface area contributed by atoms with Gasteiger partial charge in [0.1, 0.15) is 11.5 Å². The molecule has 0 aliphatic carbocycles. The smallest absolute Gasteiger partial charge is 0.416 e. The van der Waals surface area contributed by atoms with Crippen LogP contribution in [0.15, 0.2) is 57.8 Å². The first kappa shape index (κ1) is 24.8. The third-order valence-corrected chi connectivity index (χ3v) is 6.31. The molecular formula is C22H20F3N3O5S. The minimum absolute atomic E-state index is 0.107. The largest absolute Gasteiger partial charge is 0.466 e. The van der Waals surface area contributed by atoms with E-state index in [-0.39, 0.29) is 21.7 Å². The number of halogens is 3. The molecular weight excluding hydrogens is 475 g/mol. The number of sulfonamides is 1. The van der Waals surface area contributed by atoms with Crippen LogP contribution in [0.1, 0.15) is 43.4 Å². The number of carbonyl (C=O) groups excluding carboxylic acids is 2. The fraction of sp³-hybridized carbons (Fsp3) is 0.182. The zero-order valence-corrected chi connectivity index (χ0v) is 19.0. The molecule has 3 rings (SSSR count). The van der Waals surface area contributed by atoms with Gasteiger partial charge in [0.05, 0.1) is 16.0 Å². The fourth-order valence-corrected chi connectivity index (χ4v) is 4.25. The van der Waals surface area contributed by atoms with Crippen molar-refractivity contribution in [2.75, 3.05) is 4.72 Å². The van der Waals surface area contributed by atoms with E-state index in [0.29, 0.717) is 23.2 Å². The number of hydrogen-bond acceptors (Lipinski definition) is 5. The van der Waals surface area contributed by atoms with Crippen LogP contribution in [-0.2, 0) is 16.2 Å². The molecule has 0 aliphatic heterocycles. The highest BCUT2D eigenvalue weighted by Gasteiger charge is 2.31. The fourth-order valence-electron chi connectivity index (χ4n) is 3.15. The summed E-state index contributed by atoms with van der Waals surface area (Å²) >= 11 is 0. The Balaban J connectivity index is 1.74.